The van der Waals surface area contributed by atoms with E-state index in [2.05, 4.69) is 31.0 Å². The van der Waals surface area contributed by atoms with E-state index < -0.39 is 0 Å². The van der Waals surface area contributed by atoms with Crippen LogP contribution >= 0.6 is 0 Å². The van der Waals surface area contributed by atoms with Crippen molar-refractivity contribution < 1.29 is 4.74 Å². The topological polar surface area (TPSA) is 24.5 Å². The lowest BCUT2D eigenvalue weighted by Gasteiger charge is -2.17. The standard InChI is InChI=1S/C15H34N2O/c1-4-7-8-9-10-14-18-15-12-16-11-13-17(5-2)6-3/h16H,4-15H2,1-3H3. The molecule has 0 amide bonds. The van der Waals surface area contributed by atoms with Crippen LogP contribution in [0.4, 0.5) is 0 Å². The fraction of sp³-hybridized carbons (Fsp3) is 1.00. The van der Waals surface area contributed by atoms with Gasteiger partial charge in [-0.05, 0) is 19.5 Å². The van der Waals surface area contributed by atoms with Crippen molar-refractivity contribution >= 4 is 0 Å². The van der Waals surface area contributed by atoms with Crippen LogP contribution in [0.15, 0.2) is 0 Å². The average molecular weight is 258 g/mol. The molecule has 0 radical (unpaired) electrons. The zero-order chi connectivity index (χ0) is 13.5. The van der Waals surface area contributed by atoms with Gasteiger partial charge in [0.2, 0.25) is 0 Å². The second-order valence-corrected chi connectivity index (χ2v) is 4.80. The van der Waals surface area contributed by atoms with E-state index in [9.17, 15) is 0 Å². The summed E-state index contributed by atoms with van der Waals surface area (Å²) in [5.41, 5.74) is 0. The number of hydrogen-bond donors (Lipinski definition) is 1. The molecule has 0 aliphatic carbocycles. The molecule has 110 valence electrons. The highest BCUT2D eigenvalue weighted by atomic mass is 16.5. The van der Waals surface area contributed by atoms with Gasteiger partial charge in [-0.2, -0.15) is 0 Å². The summed E-state index contributed by atoms with van der Waals surface area (Å²) in [4.78, 5) is 2.43. The third-order valence-electron chi connectivity index (χ3n) is 3.31. The van der Waals surface area contributed by atoms with Gasteiger partial charge in [0.1, 0.15) is 0 Å². The van der Waals surface area contributed by atoms with Gasteiger partial charge in [0.15, 0.2) is 0 Å². The molecule has 1 N–H and O–H groups in total. The van der Waals surface area contributed by atoms with Crippen LogP contribution in [0.5, 0.6) is 0 Å². The quantitative estimate of drug-likeness (QED) is 0.485. The minimum Gasteiger partial charge on any atom is -0.380 e. The summed E-state index contributed by atoms with van der Waals surface area (Å²) in [6.45, 7) is 13.9. The van der Waals surface area contributed by atoms with Crippen LogP contribution in [-0.2, 0) is 4.74 Å². The molecule has 0 spiro atoms. The Labute approximate surface area is 114 Å². The van der Waals surface area contributed by atoms with Crippen LogP contribution in [-0.4, -0.2) is 50.8 Å². The van der Waals surface area contributed by atoms with Gasteiger partial charge in [-0.3, -0.25) is 0 Å². The first kappa shape index (κ1) is 17.9. The molecule has 0 aromatic heterocycles. The molecule has 0 unspecified atom stereocenters. The Morgan fingerprint density at radius 2 is 1.56 bits per heavy atom. The lowest BCUT2D eigenvalue weighted by Crippen LogP contribution is -2.33. The van der Waals surface area contributed by atoms with Gasteiger partial charge >= 0.3 is 0 Å². The van der Waals surface area contributed by atoms with Crippen LogP contribution in [0.1, 0.15) is 52.9 Å². The molecule has 0 saturated heterocycles. The molecule has 0 heterocycles. The summed E-state index contributed by atoms with van der Waals surface area (Å²) in [5.74, 6) is 0. The highest BCUT2D eigenvalue weighted by Crippen LogP contribution is 2.01. The minimum atomic E-state index is 0.853. The molecule has 3 nitrogen and oxygen atoms in total. The van der Waals surface area contributed by atoms with E-state index >= 15 is 0 Å². The number of ether oxygens (including phenoxy) is 1. The van der Waals surface area contributed by atoms with Crippen molar-refractivity contribution in [2.75, 3.05) is 45.9 Å². The zero-order valence-electron chi connectivity index (χ0n) is 12.8. The fourth-order valence-electron chi connectivity index (χ4n) is 1.96. The molecule has 0 aliphatic heterocycles. The Bertz CT molecular complexity index is 149. The summed E-state index contributed by atoms with van der Waals surface area (Å²) < 4.78 is 5.60. The molecule has 0 fully saturated rings. The number of unbranched alkanes of at least 4 members (excludes halogenated alkanes) is 4. The predicted octanol–water partition coefficient (Wildman–Crippen LogP) is 2.90. The molecular weight excluding hydrogens is 224 g/mol. The summed E-state index contributed by atoms with van der Waals surface area (Å²) in [5, 5.41) is 3.43. The van der Waals surface area contributed by atoms with Crippen LogP contribution in [0.3, 0.4) is 0 Å². The lowest BCUT2D eigenvalue weighted by atomic mass is 10.2. The summed E-state index contributed by atoms with van der Waals surface area (Å²) in [6.07, 6.45) is 6.59. The SMILES string of the molecule is CCCCCCCOCCNCCN(CC)CC. The molecular formula is C15H34N2O. The Hall–Kier alpha value is -0.120. The molecule has 0 rings (SSSR count). The highest BCUT2D eigenvalue weighted by Gasteiger charge is 1.97. The van der Waals surface area contributed by atoms with Crippen molar-refractivity contribution in [2.45, 2.75) is 52.9 Å². The summed E-state index contributed by atoms with van der Waals surface area (Å²) in [6, 6.07) is 0. The molecule has 0 atom stereocenters. The van der Waals surface area contributed by atoms with E-state index in [0.717, 1.165) is 45.9 Å². The maximum atomic E-state index is 5.60. The van der Waals surface area contributed by atoms with Crippen molar-refractivity contribution in [3.8, 4) is 0 Å². The van der Waals surface area contributed by atoms with Crippen LogP contribution in [0.2, 0.25) is 0 Å². The van der Waals surface area contributed by atoms with E-state index in [1.165, 1.54) is 32.1 Å². The molecule has 0 aromatic carbocycles. The van der Waals surface area contributed by atoms with Crippen molar-refractivity contribution in [3.63, 3.8) is 0 Å². The van der Waals surface area contributed by atoms with Crippen LogP contribution < -0.4 is 5.32 Å². The maximum Gasteiger partial charge on any atom is 0.0590 e. The van der Waals surface area contributed by atoms with Crippen LogP contribution in [0.25, 0.3) is 0 Å². The van der Waals surface area contributed by atoms with Gasteiger partial charge in [0.05, 0.1) is 6.61 Å². The van der Waals surface area contributed by atoms with E-state index in [1.807, 2.05) is 0 Å². The first-order valence-corrected chi connectivity index (χ1v) is 7.85. The first-order valence-electron chi connectivity index (χ1n) is 7.85. The molecule has 3 heteroatoms. The largest absolute Gasteiger partial charge is 0.380 e. The molecule has 0 aliphatic rings. The Morgan fingerprint density at radius 1 is 0.833 bits per heavy atom. The molecule has 0 aromatic rings. The van der Waals surface area contributed by atoms with Crippen molar-refractivity contribution in [1.29, 1.82) is 0 Å². The third-order valence-corrected chi connectivity index (χ3v) is 3.31. The zero-order valence-corrected chi connectivity index (χ0v) is 12.8. The second kappa shape index (κ2) is 14.9. The molecule has 0 saturated carbocycles. The van der Waals surface area contributed by atoms with E-state index in [-0.39, 0.29) is 0 Å². The van der Waals surface area contributed by atoms with Gasteiger partial charge in [-0.1, -0.05) is 46.5 Å². The van der Waals surface area contributed by atoms with Crippen molar-refractivity contribution in [1.82, 2.24) is 10.2 Å². The van der Waals surface area contributed by atoms with E-state index in [4.69, 9.17) is 4.74 Å². The summed E-state index contributed by atoms with van der Waals surface area (Å²) >= 11 is 0. The number of nitrogens with one attached hydrogen (secondary N) is 1. The average Bonchev–Trinajstić information content (AvgIpc) is 2.40. The lowest BCUT2D eigenvalue weighted by molar-refractivity contribution is 0.131. The van der Waals surface area contributed by atoms with Crippen LogP contribution in [0, 0.1) is 0 Å². The highest BCUT2D eigenvalue weighted by molar-refractivity contribution is 4.55. The maximum absolute atomic E-state index is 5.60. The number of hydrogen-bond acceptors (Lipinski definition) is 3. The van der Waals surface area contributed by atoms with Gasteiger partial charge < -0.3 is 15.0 Å². The van der Waals surface area contributed by atoms with E-state index in [1.54, 1.807) is 0 Å². The minimum absolute atomic E-state index is 0.853. The van der Waals surface area contributed by atoms with E-state index in [0.29, 0.717) is 0 Å². The number of nitrogens with zero attached hydrogens (tertiary/aromatic N) is 1. The normalized spacial score (nSPS) is 11.3. The Morgan fingerprint density at radius 3 is 2.22 bits per heavy atom. The third kappa shape index (κ3) is 12.3. The second-order valence-electron chi connectivity index (χ2n) is 4.80. The van der Waals surface area contributed by atoms with Crippen molar-refractivity contribution in [2.24, 2.45) is 0 Å². The fourth-order valence-corrected chi connectivity index (χ4v) is 1.96. The first-order chi connectivity index (χ1) is 8.85. The number of rotatable bonds is 14. The van der Waals surface area contributed by atoms with Gasteiger partial charge in [0.25, 0.3) is 0 Å². The smallest absolute Gasteiger partial charge is 0.0590 e. The number of likely N-dealkylation sites (N-methyl/N-ethyl adjacent to an activating group) is 1. The Kier molecular flexibility index (Phi) is 14.8. The summed E-state index contributed by atoms with van der Waals surface area (Å²) in [7, 11) is 0. The predicted molar refractivity (Wildman–Crippen MR) is 80.2 cm³/mol. The van der Waals surface area contributed by atoms with Gasteiger partial charge in [-0.25, -0.2) is 0 Å². The molecule has 18 heavy (non-hydrogen) atoms. The van der Waals surface area contributed by atoms with Crippen molar-refractivity contribution in [3.05, 3.63) is 0 Å². The van der Waals surface area contributed by atoms with Gasteiger partial charge in [-0.15, -0.1) is 0 Å². The Balaban J connectivity index is 3.03. The van der Waals surface area contributed by atoms with Gasteiger partial charge in [0, 0.05) is 26.2 Å². The monoisotopic (exact) mass is 258 g/mol. The molecule has 0 bridgehead atoms.